The van der Waals surface area contributed by atoms with Crippen LogP contribution < -0.4 is 4.90 Å². The highest BCUT2D eigenvalue weighted by molar-refractivity contribution is 5.94. The van der Waals surface area contributed by atoms with Gasteiger partial charge in [0.25, 0.3) is 0 Å². The van der Waals surface area contributed by atoms with Gasteiger partial charge < -0.3 is 4.90 Å². The fourth-order valence-corrected chi connectivity index (χ4v) is 3.62. The normalized spacial score (nSPS) is 13.6. The van der Waals surface area contributed by atoms with Crippen LogP contribution in [-0.2, 0) is 0 Å². The van der Waals surface area contributed by atoms with Crippen LogP contribution in [0.1, 0.15) is 24.3 Å². The Labute approximate surface area is 164 Å². The number of fused-ring (bicyclic) bond motifs is 1. The van der Waals surface area contributed by atoms with Gasteiger partial charge in [-0.3, -0.25) is 4.98 Å². The van der Waals surface area contributed by atoms with E-state index in [-0.39, 0.29) is 0 Å². The van der Waals surface area contributed by atoms with Gasteiger partial charge in [0, 0.05) is 37.4 Å². The molecule has 0 atom stereocenters. The molecule has 1 aliphatic rings. The molecule has 0 bridgehead atoms. The second-order valence-electron chi connectivity index (χ2n) is 7.64. The van der Waals surface area contributed by atoms with Crippen molar-refractivity contribution in [3.63, 3.8) is 0 Å². The largest absolute Gasteiger partial charge is 0.362 e. The Morgan fingerprint density at radius 2 is 1.64 bits per heavy atom. The van der Waals surface area contributed by atoms with Crippen molar-refractivity contribution in [3.05, 3.63) is 72.6 Å². The summed E-state index contributed by atoms with van der Waals surface area (Å²) in [5.74, 6) is 2.40. The molecule has 4 nitrogen and oxygen atoms in total. The monoisotopic (exact) mass is 366 g/mol. The molecule has 5 rings (SSSR count). The van der Waals surface area contributed by atoms with Crippen LogP contribution in [0.2, 0.25) is 0 Å². The Bertz CT molecular complexity index is 1130. The topological polar surface area (TPSA) is 41.9 Å². The Morgan fingerprint density at radius 1 is 0.857 bits per heavy atom. The number of hydrogen-bond donors (Lipinski definition) is 0. The predicted octanol–water partition coefficient (Wildman–Crippen LogP) is 5.30. The van der Waals surface area contributed by atoms with Gasteiger partial charge in [-0.25, -0.2) is 9.97 Å². The van der Waals surface area contributed by atoms with Crippen molar-refractivity contribution >= 4 is 16.7 Å². The zero-order valence-corrected chi connectivity index (χ0v) is 16.1. The van der Waals surface area contributed by atoms with Gasteiger partial charge in [0.1, 0.15) is 5.82 Å². The molecular weight excluding hydrogens is 344 g/mol. The molecule has 0 unspecified atom stereocenters. The Kier molecular flexibility index (Phi) is 4.05. The first-order chi connectivity index (χ1) is 13.7. The second kappa shape index (κ2) is 6.71. The number of anilines is 1. The van der Waals surface area contributed by atoms with Gasteiger partial charge >= 0.3 is 0 Å². The van der Waals surface area contributed by atoms with E-state index < -0.39 is 0 Å². The lowest BCUT2D eigenvalue weighted by Gasteiger charge is -2.16. The summed E-state index contributed by atoms with van der Waals surface area (Å²) in [4.78, 5) is 15.9. The lowest BCUT2D eigenvalue weighted by Crippen LogP contribution is -2.12. The van der Waals surface area contributed by atoms with Crippen LogP contribution in [0.3, 0.4) is 0 Å². The lowest BCUT2D eigenvalue weighted by atomic mass is 10.0. The molecule has 0 saturated heterocycles. The van der Waals surface area contributed by atoms with Crippen LogP contribution in [0.25, 0.3) is 33.4 Å². The first-order valence-corrected chi connectivity index (χ1v) is 9.69. The van der Waals surface area contributed by atoms with Crippen LogP contribution in [0.4, 0.5) is 5.82 Å². The van der Waals surface area contributed by atoms with E-state index in [2.05, 4.69) is 47.4 Å². The number of nitrogens with zero attached hydrogens (tertiary/aromatic N) is 4. The lowest BCUT2D eigenvalue weighted by molar-refractivity contribution is 1.06. The fourth-order valence-electron chi connectivity index (χ4n) is 3.62. The summed E-state index contributed by atoms with van der Waals surface area (Å²) in [7, 11) is 4.04. The Morgan fingerprint density at radius 3 is 2.32 bits per heavy atom. The van der Waals surface area contributed by atoms with Crippen molar-refractivity contribution in [2.75, 3.05) is 19.0 Å². The number of benzene rings is 2. The molecule has 2 aromatic heterocycles. The Hall–Kier alpha value is -3.27. The molecule has 1 aliphatic carbocycles. The summed E-state index contributed by atoms with van der Waals surface area (Å²) in [5, 5.41) is 1.06. The van der Waals surface area contributed by atoms with Gasteiger partial charge in [-0.05, 0) is 59.7 Å². The minimum absolute atomic E-state index is 0.700. The maximum Gasteiger partial charge on any atom is 0.163 e. The van der Waals surface area contributed by atoms with Gasteiger partial charge in [0.2, 0.25) is 0 Å². The van der Waals surface area contributed by atoms with E-state index in [4.69, 9.17) is 9.97 Å². The van der Waals surface area contributed by atoms with E-state index in [0.717, 1.165) is 28.2 Å². The first kappa shape index (κ1) is 16.9. The highest BCUT2D eigenvalue weighted by atomic mass is 15.2. The molecule has 0 N–H and O–H groups in total. The van der Waals surface area contributed by atoms with E-state index in [1.807, 2.05) is 31.1 Å². The van der Waals surface area contributed by atoms with Crippen molar-refractivity contribution in [2.45, 2.75) is 18.8 Å². The number of hydrogen-bond acceptors (Lipinski definition) is 4. The third-order valence-electron chi connectivity index (χ3n) is 5.31. The van der Waals surface area contributed by atoms with E-state index in [0.29, 0.717) is 5.82 Å². The molecular formula is C24H22N4. The van der Waals surface area contributed by atoms with Crippen molar-refractivity contribution in [1.29, 1.82) is 0 Å². The van der Waals surface area contributed by atoms with Gasteiger partial charge in [-0.15, -0.1) is 0 Å². The van der Waals surface area contributed by atoms with Gasteiger partial charge in [0.05, 0.1) is 5.52 Å². The number of pyridine rings is 1. The summed E-state index contributed by atoms with van der Waals surface area (Å²) in [5.41, 5.74) is 5.74. The van der Waals surface area contributed by atoms with Crippen LogP contribution in [0.5, 0.6) is 0 Å². The van der Waals surface area contributed by atoms with E-state index in [1.165, 1.54) is 29.5 Å². The molecule has 0 spiro atoms. The third-order valence-corrected chi connectivity index (χ3v) is 5.31. The smallest absolute Gasteiger partial charge is 0.163 e. The van der Waals surface area contributed by atoms with Gasteiger partial charge in [0.15, 0.2) is 5.82 Å². The average molecular weight is 366 g/mol. The molecule has 28 heavy (non-hydrogen) atoms. The maximum atomic E-state index is 4.83. The Balaban J connectivity index is 1.61. The second-order valence-corrected chi connectivity index (χ2v) is 7.64. The maximum absolute atomic E-state index is 4.83. The molecule has 2 heterocycles. The molecule has 0 amide bonds. The molecule has 1 fully saturated rings. The highest BCUT2D eigenvalue weighted by Crippen LogP contribution is 2.40. The summed E-state index contributed by atoms with van der Waals surface area (Å²) >= 11 is 0. The molecule has 4 heteroatoms. The van der Waals surface area contributed by atoms with E-state index >= 15 is 0 Å². The van der Waals surface area contributed by atoms with Gasteiger partial charge in [-0.1, -0.05) is 30.3 Å². The molecule has 0 radical (unpaired) electrons. The minimum Gasteiger partial charge on any atom is -0.362 e. The average Bonchev–Trinajstić information content (AvgIpc) is 3.59. The summed E-state index contributed by atoms with van der Waals surface area (Å²) in [6.45, 7) is 0. The van der Waals surface area contributed by atoms with Crippen LogP contribution in [0.15, 0.2) is 67.0 Å². The van der Waals surface area contributed by atoms with Crippen LogP contribution in [0, 0.1) is 0 Å². The minimum atomic E-state index is 0.700. The third kappa shape index (κ3) is 3.11. The van der Waals surface area contributed by atoms with E-state index in [9.17, 15) is 0 Å². The zero-order chi connectivity index (χ0) is 19.1. The SMILES string of the molecule is CN(C)c1nc(-c2cccnc2)nc2ccc(-c3ccc(C4CC4)cc3)cc12. The van der Waals surface area contributed by atoms with Crippen molar-refractivity contribution < 1.29 is 0 Å². The quantitative estimate of drug-likeness (QED) is 0.491. The molecule has 138 valence electrons. The fraction of sp³-hybridized carbons (Fsp3) is 0.208. The summed E-state index contributed by atoms with van der Waals surface area (Å²) in [6.07, 6.45) is 6.23. The number of aromatic nitrogens is 3. The standard InChI is InChI=1S/C24H22N4/c1-28(2)24-21-14-19(18-9-7-17(8-10-18)16-5-6-16)11-12-22(21)26-23(27-24)20-4-3-13-25-15-20/h3-4,7-16H,5-6H2,1-2H3. The molecule has 4 aromatic rings. The van der Waals surface area contributed by atoms with Crippen molar-refractivity contribution in [3.8, 4) is 22.5 Å². The zero-order valence-electron chi connectivity index (χ0n) is 16.1. The first-order valence-electron chi connectivity index (χ1n) is 9.69. The van der Waals surface area contributed by atoms with Crippen LogP contribution in [-0.4, -0.2) is 29.0 Å². The molecule has 2 aromatic carbocycles. The summed E-state index contributed by atoms with van der Waals surface area (Å²) < 4.78 is 0. The predicted molar refractivity (Wildman–Crippen MR) is 115 cm³/mol. The molecule has 1 saturated carbocycles. The van der Waals surface area contributed by atoms with Crippen molar-refractivity contribution in [2.24, 2.45) is 0 Å². The van der Waals surface area contributed by atoms with E-state index in [1.54, 1.807) is 12.4 Å². The molecule has 0 aliphatic heterocycles. The van der Waals surface area contributed by atoms with Crippen molar-refractivity contribution in [1.82, 2.24) is 15.0 Å². The summed E-state index contributed by atoms with van der Waals surface area (Å²) in [6, 6.07) is 19.3. The highest BCUT2D eigenvalue weighted by Gasteiger charge is 2.23. The van der Waals surface area contributed by atoms with Crippen LogP contribution >= 0.6 is 0 Å². The van der Waals surface area contributed by atoms with Gasteiger partial charge in [-0.2, -0.15) is 0 Å². The number of rotatable bonds is 4.